The third-order valence-electron chi connectivity index (χ3n) is 7.55. The van der Waals surface area contributed by atoms with E-state index in [1.807, 2.05) is 49.2 Å². The first-order valence-corrected chi connectivity index (χ1v) is 13.5. The molecule has 0 spiro atoms. The summed E-state index contributed by atoms with van der Waals surface area (Å²) in [7, 11) is 1.82. The number of piperazine rings is 1. The van der Waals surface area contributed by atoms with Crippen LogP contribution in [0.3, 0.4) is 0 Å². The van der Waals surface area contributed by atoms with E-state index >= 15 is 0 Å². The van der Waals surface area contributed by atoms with Crippen LogP contribution in [0.5, 0.6) is 0 Å². The van der Waals surface area contributed by atoms with Crippen molar-refractivity contribution in [3.8, 4) is 6.07 Å². The molecule has 0 aliphatic carbocycles. The van der Waals surface area contributed by atoms with Crippen molar-refractivity contribution in [2.24, 2.45) is 7.05 Å². The second kappa shape index (κ2) is 11.8. The van der Waals surface area contributed by atoms with Gasteiger partial charge in [-0.1, -0.05) is 24.3 Å². The minimum Gasteiger partial charge on any atom is -0.372 e. The van der Waals surface area contributed by atoms with Crippen molar-refractivity contribution in [1.29, 1.82) is 5.26 Å². The summed E-state index contributed by atoms with van der Waals surface area (Å²) in [4.78, 5) is 19.8. The van der Waals surface area contributed by atoms with E-state index < -0.39 is 0 Å². The van der Waals surface area contributed by atoms with Gasteiger partial charge in [-0.15, -0.1) is 0 Å². The average molecular weight is 513 g/mol. The molecule has 38 heavy (non-hydrogen) atoms. The maximum Gasteiger partial charge on any atom is 0.272 e. The number of carbonyl (C=O) groups is 1. The monoisotopic (exact) mass is 512 g/mol. The van der Waals surface area contributed by atoms with Crippen LogP contribution in [0.15, 0.2) is 54.6 Å². The molecule has 2 fully saturated rings. The normalized spacial score (nSPS) is 17.0. The lowest BCUT2D eigenvalue weighted by Crippen LogP contribution is -2.50. The number of ether oxygens (including phenoxy) is 1. The van der Waals surface area contributed by atoms with Gasteiger partial charge in [0.05, 0.1) is 30.0 Å². The molecule has 0 unspecified atom stereocenters. The molecule has 0 saturated carbocycles. The Labute approximate surface area is 225 Å². The fourth-order valence-corrected chi connectivity index (χ4v) is 5.36. The fraction of sp³-hybridized carbons (Fsp3) is 0.433. The minimum absolute atomic E-state index is 0.0414. The lowest BCUT2D eigenvalue weighted by atomic mass is 10.1. The Balaban J connectivity index is 1.27. The lowest BCUT2D eigenvalue weighted by molar-refractivity contribution is 0.00333. The highest BCUT2D eigenvalue weighted by molar-refractivity contribution is 5.92. The van der Waals surface area contributed by atoms with Crippen LogP contribution in [0, 0.1) is 18.3 Å². The Morgan fingerprint density at radius 2 is 1.76 bits per heavy atom. The number of rotatable bonds is 8. The predicted octanol–water partition coefficient (Wildman–Crippen LogP) is 3.92. The molecular weight excluding hydrogens is 476 g/mol. The second-order valence-corrected chi connectivity index (χ2v) is 10.3. The zero-order valence-electron chi connectivity index (χ0n) is 22.3. The molecule has 2 aliphatic heterocycles. The van der Waals surface area contributed by atoms with E-state index in [2.05, 4.69) is 45.2 Å². The molecule has 8 nitrogen and oxygen atoms in total. The number of nitrogens with zero attached hydrogens (tertiary/aromatic N) is 6. The van der Waals surface area contributed by atoms with Crippen LogP contribution in [0.25, 0.3) is 0 Å². The summed E-state index contributed by atoms with van der Waals surface area (Å²) >= 11 is 0. The first kappa shape index (κ1) is 26.0. The van der Waals surface area contributed by atoms with Crippen LogP contribution in [0.4, 0.5) is 5.69 Å². The second-order valence-electron chi connectivity index (χ2n) is 10.3. The van der Waals surface area contributed by atoms with Gasteiger partial charge in [-0.3, -0.25) is 14.4 Å². The van der Waals surface area contributed by atoms with Gasteiger partial charge in [-0.05, 0) is 61.2 Å². The van der Waals surface area contributed by atoms with E-state index in [9.17, 15) is 4.79 Å². The van der Waals surface area contributed by atoms with Crippen molar-refractivity contribution >= 4 is 11.6 Å². The van der Waals surface area contributed by atoms with Gasteiger partial charge in [-0.25, -0.2) is 0 Å². The quantitative estimate of drug-likeness (QED) is 0.455. The fourth-order valence-electron chi connectivity index (χ4n) is 5.36. The number of carbonyl (C=O) groups excluding carboxylic acids is 1. The maximum absolute atomic E-state index is 13.0. The minimum atomic E-state index is -0.102. The highest BCUT2D eigenvalue weighted by Gasteiger charge is 2.27. The van der Waals surface area contributed by atoms with Crippen molar-refractivity contribution in [2.45, 2.75) is 32.5 Å². The molecule has 1 amide bonds. The molecular formula is C30H36N6O2. The topological polar surface area (TPSA) is 77.6 Å². The molecule has 0 radical (unpaired) electrons. The van der Waals surface area contributed by atoms with Crippen LogP contribution >= 0.6 is 0 Å². The number of hydrogen-bond donors (Lipinski definition) is 0. The predicted molar refractivity (Wildman–Crippen MR) is 147 cm³/mol. The van der Waals surface area contributed by atoms with E-state index in [0.29, 0.717) is 31.0 Å². The van der Waals surface area contributed by atoms with E-state index in [4.69, 9.17) is 10.00 Å². The van der Waals surface area contributed by atoms with Gasteiger partial charge >= 0.3 is 0 Å². The van der Waals surface area contributed by atoms with Crippen molar-refractivity contribution in [1.82, 2.24) is 19.6 Å². The molecule has 0 N–H and O–H groups in total. The molecule has 3 aromatic rings. The lowest BCUT2D eigenvalue weighted by Gasteiger charge is -2.36. The molecule has 1 aromatic heterocycles. The van der Waals surface area contributed by atoms with Gasteiger partial charge in [0.25, 0.3) is 5.91 Å². The smallest absolute Gasteiger partial charge is 0.272 e. The van der Waals surface area contributed by atoms with Crippen LogP contribution in [0.2, 0.25) is 0 Å². The highest BCUT2D eigenvalue weighted by atomic mass is 16.5. The number of nitriles is 1. The molecule has 198 valence electrons. The molecule has 2 aromatic carbocycles. The van der Waals surface area contributed by atoms with Crippen LogP contribution < -0.4 is 4.90 Å². The molecule has 8 heteroatoms. The van der Waals surface area contributed by atoms with Crippen molar-refractivity contribution in [3.05, 3.63) is 82.7 Å². The van der Waals surface area contributed by atoms with Gasteiger partial charge < -0.3 is 14.5 Å². The first-order valence-electron chi connectivity index (χ1n) is 13.5. The average Bonchev–Trinajstić information content (AvgIpc) is 3.61. The third-order valence-corrected chi connectivity index (χ3v) is 7.55. The van der Waals surface area contributed by atoms with Gasteiger partial charge in [0.15, 0.2) is 0 Å². The van der Waals surface area contributed by atoms with Crippen LogP contribution in [-0.2, 0) is 18.4 Å². The third kappa shape index (κ3) is 6.07. The number of aryl methyl sites for hydroxylation is 2. The Kier molecular flexibility index (Phi) is 8.06. The highest BCUT2D eigenvalue weighted by Crippen LogP contribution is 2.28. The maximum atomic E-state index is 13.0. The summed E-state index contributed by atoms with van der Waals surface area (Å²) < 4.78 is 8.21. The van der Waals surface area contributed by atoms with Gasteiger partial charge in [0.1, 0.15) is 5.69 Å². The van der Waals surface area contributed by atoms with Crippen molar-refractivity contribution < 1.29 is 9.53 Å². The van der Waals surface area contributed by atoms with Gasteiger partial charge in [0.2, 0.25) is 0 Å². The number of hydrogen-bond acceptors (Lipinski definition) is 6. The number of amides is 1. The molecule has 0 bridgehead atoms. The Morgan fingerprint density at radius 3 is 2.42 bits per heavy atom. The largest absolute Gasteiger partial charge is 0.372 e. The summed E-state index contributed by atoms with van der Waals surface area (Å²) in [6.07, 6.45) is 2.38. The Hall–Kier alpha value is -3.67. The van der Waals surface area contributed by atoms with E-state index in [-0.39, 0.29) is 12.0 Å². The summed E-state index contributed by atoms with van der Waals surface area (Å²) in [5.41, 5.74) is 5.62. The van der Waals surface area contributed by atoms with E-state index in [0.717, 1.165) is 44.0 Å². The van der Waals surface area contributed by atoms with Crippen molar-refractivity contribution in [2.75, 3.05) is 50.7 Å². The van der Waals surface area contributed by atoms with E-state index in [1.165, 1.54) is 24.1 Å². The molecule has 3 heterocycles. The Morgan fingerprint density at radius 1 is 1.03 bits per heavy atom. The van der Waals surface area contributed by atoms with Gasteiger partial charge in [-0.2, -0.15) is 10.4 Å². The number of aromatic nitrogens is 2. The van der Waals surface area contributed by atoms with Crippen LogP contribution in [-0.4, -0.2) is 71.3 Å². The zero-order chi connectivity index (χ0) is 26.5. The molecule has 1 atom stereocenters. The van der Waals surface area contributed by atoms with Crippen molar-refractivity contribution in [3.63, 3.8) is 0 Å². The number of benzene rings is 2. The molecule has 2 aliphatic rings. The van der Waals surface area contributed by atoms with E-state index in [1.54, 1.807) is 4.68 Å². The first-order chi connectivity index (χ1) is 18.5. The van der Waals surface area contributed by atoms with Crippen LogP contribution in [0.1, 0.15) is 51.8 Å². The molecule has 2 saturated heterocycles. The number of anilines is 1. The molecule has 5 rings (SSSR count). The zero-order valence-corrected chi connectivity index (χ0v) is 22.3. The summed E-state index contributed by atoms with van der Waals surface area (Å²) in [6, 6.07) is 20.4. The Bertz CT molecular complexity index is 1280. The summed E-state index contributed by atoms with van der Waals surface area (Å²) in [6.45, 7) is 8.30. The SMILES string of the molecule is Cc1cc(C(=O)N2CCN(C[C@@H](OCc3ccc(C#N)cc3)c3cccc(N4CCCC4)c3)CC2)n(C)n1. The summed E-state index contributed by atoms with van der Waals surface area (Å²) in [5, 5.41) is 13.4. The van der Waals surface area contributed by atoms with Gasteiger partial charge in [0, 0.05) is 58.5 Å². The standard InChI is InChI=1S/C30H36N6O2/c1-23-18-28(33(2)32-23)30(37)36-16-14-34(15-17-36)21-29(38-22-25-10-8-24(20-31)9-11-25)26-6-5-7-27(19-26)35-12-3-4-13-35/h5-11,18-19,29H,3-4,12-17,21-22H2,1-2H3/t29-/m1/s1. The summed E-state index contributed by atoms with van der Waals surface area (Å²) in [5.74, 6) is 0.0414.